The van der Waals surface area contributed by atoms with E-state index in [1.54, 1.807) is 0 Å². The first kappa shape index (κ1) is 9.99. The Balaban J connectivity index is 2.55. The Bertz CT molecular complexity index is 455. The van der Waals surface area contributed by atoms with E-state index in [1.807, 2.05) is 6.07 Å². The van der Waals surface area contributed by atoms with E-state index in [1.165, 1.54) is 22.5 Å². The fourth-order valence-electron chi connectivity index (χ4n) is 1.85. The molecule has 2 rings (SSSR count). The standard InChI is InChI=1S/C13H16N2/c1-10-12(9-14)8-13(15(10)2)11-6-4-3-5-7-11/h3-8H,9,14H2,1-2H3. The van der Waals surface area contributed by atoms with Crippen molar-refractivity contribution < 1.29 is 0 Å². The molecule has 2 aromatic rings. The Kier molecular flexibility index (Phi) is 2.60. The van der Waals surface area contributed by atoms with Crippen LogP contribution in [-0.2, 0) is 13.6 Å². The molecule has 0 saturated carbocycles. The quantitative estimate of drug-likeness (QED) is 0.793. The lowest BCUT2D eigenvalue weighted by atomic mass is 10.1. The Labute approximate surface area is 90.3 Å². The monoisotopic (exact) mass is 200 g/mol. The van der Waals surface area contributed by atoms with Gasteiger partial charge in [0.1, 0.15) is 0 Å². The third-order valence-corrected chi connectivity index (χ3v) is 2.93. The summed E-state index contributed by atoms with van der Waals surface area (Å²) < 4.78 is 2.19. The number of nitrogens with two attached hydrogens (primary N) is 1. The van der Waals surface area contributed by atoms with Crippen LogP contribution in [0.25, 0.3) is 11.3 Å². The lowest BCUT2D eigenvalue weighted by Gasteiger charge is -2.04. The van der Waals surface area contributed by atoms with Crippen molar-refractivity contribution >= 4 is 0 Å². The third-order valence-electron chi connectivity index (χ3n) is 2.93. The molecule has 0 aliphatic heterocycles. The highest BCUT2D eigenvalue weighted by molar-refractivity contribution is 5.62. The van der Waals surface area contributed by atoms with Gasteiger partial charge in [0, 0.05) is 25.0 Å². The first-order valence-electron chi connectivity index (χ1n) is 5.14. The van der Waals surface area contributed by atoms with Gasteiger partial charge >= 0.3 is 0 Å². The van der Waals surface area contributed by atoms with Crippen molar-refractivity contribution in [3.05, 3.63) is 47.7 Å². The Hall–Kier alpha value is -1.54. The first-order chi connectivity index (χ1) is 7.24. The molecular formula is C13H16N2. The number of hydrogen-bond donors (Lipinski definition) is 1. The van der Waals surface area contributed by atoms with Gasteiger partial charge in [-0.05, 0) is 24.1 Å². The van der Waals surface area contributed by atoms with Gasteiger partial charge in [0.25, 0.3) is 0 Å². The zero-order chi connectivity index (χ0) is 10.8. The number of nitrogens with zero attached hydrogens (tertiary/aromatic N) is 1. The summed E-state index contributed by atoms with van der Waals surface area (Å²) in [6.07, 6.45) is 0. The molecule has 78 valence electrons. The van der Waals surface area contributed by atoms with E-state index in [9.17, 15) is 0 Å². The molecule has 0 aliphatic rings. The molecule has 0 amide bonds. The van der Waals surface area contributed by atoms with Crippen LogP contribution in [0.2, 0.25) is 0 Å². The molecule has 0 radical (unpaired) electrons. The van der Waals surface area contributed by atoms with Crippen LogP contribution in [0.5, 0.6) is 0 Å². The normalized spacial score (nSPS) is 10.6. The van der Waals surface area contributed by atoms with Crippen molar-refractivity contribution in [2.45, 2.75) is 13.5 Å². The van der Waals surface area contributed by atoms with Crippen LogP contribution in [0.1, 0.15) is 11.3 Å². The molecule has 1 heterocycles. The highest BCUT2D eigenvalue weighted by Gasteiger charge is 2.08. The molecule has 2 heteroatoms. The molecule has 1 aromatic heterocycles. The van der Waals surface area contributed by atoms with Crippen molar-refractivity contribution in [1.82, 2.24) is 4.57 Å². The Morgan fingerprint density at radius 2 is 1.87 bits per heavy atom. The van der Waals surface area contributed by atoms with E-state index >= 15 is 0 Å². The smallest absolute Gasteiger partial charge is 0.0483 e. The summed E-state index contributed by atoms with van der Waals surface area (Å²) in [6.45, 7) is 2.71. The summed E-state index contributed by atoms with van der Waals surface area (Å²) in [7, 11) is 2.08. The van der Waals surface area contributed by atoms with E-state index in [0.717, 1.165) is 0 Å². The average molecular weight is 200 g/mol. The van der Waals surface area contributed by atoms with E-state index in [0.29, 0.717) is 6.54 Å². The van der Waals surface area contributed by atoms with Gasteiger partial charge in [-0.1, -0.05) is 30.3 Å². The first-order valence-corrected chi connectivity index (χ1v) is 5.14. The summed E-state index contributed by atoms with van der Waals surface area (Å²) in [4.78, 5) is 0. The van der Waals surface area contributed by atoms with E-state index < -0.39 is 0 Å². The SMILES string of the molecule is Cc1c(CN)cc(-c2ccccc2)n1C. The second kappa shape index (κ2) is 3.91. The Morgan fingerprint density at radius 1 is 1.20 bits per heavy atom. The molecule has 0 bridgehead atoms. The van der Waals surface area contributed by atoms with Crippen molar-refractivity contribution in [3.63, 3.8) is 0 Å². The van der Waals surface area contributed by atoms with E-state index in [-0.39, 0.29) is 0 Å². The largest absolute Gasteiger partial charge is 0.348 e. The topological polar surface area (TPSA) is 30.9 Å². The average Bonchev–Trinajstić information content (AvgIpc) is 2.57. The minimum Gasteiger partial charge on any atom is -0.348 e. The summed E-state index contributed by atoms with van der Waals surface area (Å²) in [5.41, 5.74) is 10.6. The zero-order valence-electron chi connectivity index (χ0n) is 9.20. The van der Waals surface area contributed by atoms with Gasteiger partial charge in [-0.25, -0.2) is 0 Å². The number of benzene rings is 1. The lowest BCUT2D eigenvalue weighted by molar-refractivity contribution is 0.873. The Morgan fingerprint density at radius 3 is 2.40 bits per heavy atom. The number of hydrogen-bond acceptors (Lipinski definition) is 1. The van der Waals surface area contributed by atoms with E-state index in [2.05, 4.69) is 48.9 Å². The maximum absolute atomic E-state index is 5.70. The highest BCUT2D eigenvalue weighted by Crippen LogP contribution is 2.24. The third kappa shape index (κ3) is 1.68. The van der Waals surface area contributed by atoms with Crippen molar-refractivity contribution in [1.29, 1.82) is 0 Å². The maximum atomic E-state index is 5.70. The van der Waals surface area contributed by atoms with Crippen molar-refractivity contribution in [2.24, 2.45) is 12.8 Å². The predicted molar refractivity (Wildman–Crippen MR) is 63.5 cm³/mol. The molecule has 0 unspecified atom stereocenters. The molecule has 0 aliphatic carbocycles. The van der Waals surface area contributed by atoms with Crippen molar-refractivity contribution in [2.75, 3.05) is 0 Å². The van der Waals surface area contributed by atoms with Gasteiger partial charge in [-0.2, -0.15) is 0 Å². The highest BCUT2D eigenvalue weighted by atomic mass is 15.0. The van der Waals surface area contributed by atoms with Crippen LogP contribution in [0, 0.1) is 6.92 Å². The van der Waals surface area contributed by atoms with Gasteiger partial charge in [-0.15, -0.1) is 0 Å². The van der Waals surface area contributed by atoms with Gasteiger partial charge in [0.2, 0.25) is 0 Å². The van der Waals surface area contributed by atoms with Crippen LogP contribution >= 0.6 is 0 Å². The zero-order valence-corrected chi connectivity index (χ0v) is 9.20. The van der Waals surface area contributed by atoms with Crippen LogP contribution in [0.3, 0.4) is 0 Å². The molecule has 0 saturated heterocycles. The fraction of sp³-hybridized carbons (Fsp3) is 0.231. The molecule has 1 aromatic carbocycles. The number of rotatable bonds is 2. The summed E-state index contributed by atoms with van der Waals surface area (Å²) in [6, 6.07) is 12.6. The second-order valence-corrected chi connectivity index (χ2v) is 3.77. The van der Waals surface area contributed by atoms with Gasteiger partial charge in [0.05, 0.1) is 0 Å². The minimum atomic E-state index is 0.604. The van der Waals surface area contributed by atoms with Crippen LogP contribution in [-0.4, -0.2) is 4.57 Å². The molecule has 0 atom stereocenters. The van der Waals surface area contributed by atoms with Crippen LogP contribution in [0.15, 0.2) is 36.4 Å². The van der Waals surface area contributed by atoms with Crippen LogP contribution < -0.4 is 5.73 Å². The molecule has 0 spiro atoms. The van der Waals surface area contributed by atoms with Gasteiger partial charge < -0.3 is 10.3 Å². The molecular weight excluding hydrogens is 184 g/mol. The summed E-state index contributed by atoms with van der Waals surface area (Å²) in [5, 5.41) is 0. The van der Waals surface area contributed by atoms with Gasteiger partial charge in [0.15, 0.2) is 0 Å². The summed E-state index contributed by atoms with van der Waals surface area (Å²) in [5.74, 6) is 0. The van der Waals surface area contributed by atoms with Crippen molar-refractivity contribution in [3.8, 4) is 11.3 Å². The fourth-order valence-corrected chi connectivity index (χ4v) is 1.85. The molecule has 2 nitrogen and oxygen atoms in total. The predicted octanol–water partition coefficient (Wildman–Crippen LogP) is 2.46. The second-order valence-electron chi connectivity index (χ2n) is 3.77. The maximum Gasteiger partial charge on any atom is 0.0483 e. The molecule has 2 N–H and O–H groups in total. The van der Waals surface area contributed by atoms with E-state index in [4.69, 9.17) is 5.73 Å². The lowest BCUT2D eigenvalue weighted by Crippen LogP contribution is -1.99. The van der Waals surface area contributed by atoms with Crippen LogP contribution in [0.4, 0.5) is 0 Å². The molecule has 15 heavy (non-hydrogen) atoms. The summed E-state index contributed by atoms with van der Waals surface area (Å²) >= 11 is 0. The minimum absolute atomic E-state index is 0.604. The van der Waals surface area contributed by atoms with Gasteiger partial charge in [-0.3, -0.25) is 0 Å². The molecule has 0 fully saturated rings. The number of aromatic nitrogens is 1.